The Hall–Kier alpha value is -3.07. The molecule has 0 N–H and O–H groups in total. The smallest absolute Gasteiger partial charge is 0.259 e. The number of likely N-dealkylation sites (tertiary alicyclic amines) is 2. The van der Waals surface area contributed by atoms with E-state index in [4.69, 9.17) is 9.05 Å². The Morgan fingerprint density at radius 2 is 1.90 bits per heavy atom. The monoisotopic (exact) mass is 394 g/mol. The van der Waals surface area contributed by atoms with Gasteiger partial charge in [-0.25, -0.2) is 0 Å². The molecule has 9 nitrogen and oxygen atoms in total. The average molecular weight is 394 g/mol. The molecule has 0 saturated carbocycles. The lowest BCUT2D eigenvalue weighted by atomic mass is 9.77. The topological polar surface area (TPSA) is 101 Å². The number of hydrogen-bond donors (Lipinski definition) is 0. The molecule has 5 rings (SSSR count). The van der Waals surface area contributed by atoms with Gasteiger partial charge in [0.1, 0.15) is 11.3 Å². The standard InChI is InChI=1S/C20H22N6O3/c1-12-16(13(2)28-23-12)19(27)26-10-20(11-26)8-15(25(3)9-20)18-22-17(24-29-18)14-4-6-21-7-5-14/h4-7,15H,8-11H2,1-3H3. The van der Waals surface area contributed by atoms with Crippen molar-refractivity contribution in [3.05, 3.63) is 47.4 Å². The summed E-state index contributed by atoms with van der Waals surface area (Å²) in [6.45, 7) is 5.88. The highest BCUT2D eigenvalue weighted by Crippen LogP contribution is 2.48. The number of nitrogens with zero attached hydrogens (tertiary/aromatic N) is 6. The first kappa shape index (κ1) is 18.0. The van der Waals surface area contributed by atoms with Crippen LogP contribution >= 0.6 is 0 Å². The Labute approximate surface area is 167 Å². The van der Waals surface area contributed by atoms with Gasteiger partial charge in [0.05, 0.1) is 11.7 Å². The van der Waals surface area contributed by atoms with Gasteiger partial charge in [-0.1, -0.05) is 10.3 Å². The summed E-state index contributed by atoms with van der Waals surface area (Å²) in [5.74, 6) is 1.76. The van der Waals surface area contributed by atoms with Crippen LogP contribution in [0.25, 0.3) is 11.4 Å². The van der Waals surface area contributed by atoms with Crippen LogP contribution in [0.5, 0.6) is 0 Å². The minimum absolute atomic E-state index is 0.00394. The molecule has 2 fully saturated rings. The van der Waals surface area contributed by atoms with E-state index in [0.29, 0.717) is 41.8 Å². The first-order chi connectivity index (χ1) is 14.0. The van der Waals surface area contributed by atoms with E-state index in [1.165, 1.54) is 0 Å². The molecule has 1 amide bonds. The van der Waals surface area contributed by atoms with Gasteiger partial charge >= 0.3 is 0 Å². The van der Waals surface area contributed by atoms with E-state index >= 15 is 0 Å². The fourth-order valence-corrected chi connectivity index (χ4v) is 4.62. The summed E-state index contributed by atoms with van der Waals surface area (Å²) < 4.78 is 10.7. The van der Waals surface area contributed by atoms with E-state index in [0.717, 1.165) is 18.5 Å². The minimum Gasteiger partial charge on any atom is -0.361 e. The number of aromatic nitrogens is 4. The molecule has 0 aromatic carbocycles. The summed E-state index contributed by atoms with van der Waals surface area (Å²) in [4.78, 5) is 25.6. The number of aryl methyl sites for hydroxylation is 2. The van der Waals surface area contributed by atoms with Crippen LogP contribution in [0.15, 0.2) is 33.6 Å². The molecule has 150 valence electrons. The highest BCUT2D eigenvalue weighted by atomic mass is 16.5. The lowest BCUT2D eigenvalue weighted by molar-refractivity contribution is 0.0113. The predicted octanol–water partition coefficient (Wildman–Crippen LogP) is 2.26. The van der Waals surface area contributed by atoms with Crippen molar-refractivity contribution in [1.29, 1.82) is 0 Å². The molecule has 2 aliphatic rings. The van der Waals surface area contributed by atoms with Gasteiger partial charge in [0.25, 0.3) is 5.91 Å². The van der Waals surface area contributed by atoms with Crippen LogP contribution in [0.3, 0.4) is 0 Å². The molecule has 1 spiro atoms. The Balaban J connectivity index is 1.29. The number of pyridine rings is 1. The fraction of sp³-hybridized carbons (Fsp3) is 0.450. The average Bonchev–Trinajstić information content (AvgIpc) is 3.38. The summed E-state index contributed by atoms with van der Waals surface area (Å²) in [6.07, 6.45) is 4.30. The van der Waals surface area contributed by atoms with E-state index in [9.17, 15) is 4.79 Å². The normalized spacial score (nSPS) is 20.9. The van der Waals surface area contributed by atoms with E-state index in [2.05, 4.69) is 32.2 Å². The first-order valence-electron chi connectivity index (χ1n) is 9.62. The van der Waals surface area contributed by atoms with E-state index in [-0.39, 0.29) is 17.4 Å². The zero-order chi connectivity index (χ0) is 20.2. The van der Waals surface area contributed by atoms with Crippen molar-refractivity contribution in [1.82, 2.24) is 30.1 Å². The minimum atomic E-state index is -0.00394. The third kappa shape index (κ3) is 2.93. The van der Waals surface area contributed by atoms with Crippen molar-refractivity contribution in [3.63, 3.8) is 0 Å². The van der Waals surface area contributed by atoms with Crippen LogP contribution in [0.2, 0.25) is 0 Å². The van der Waals surface area contributed by atoms with Crippen LogP contribution < -0.4 is 0 Å². The maximum Gasteiger partial charge on any atom is 0.259 e. The lowest BCUT2D eigenvalue weighted by Gasteiger charge is -2.48. The Morgan fingerprint density at radius 1 is 1.14 bits per heavy atom. The summed E-state index contributed by atoms with van der Waals surface area (Å²) in [5.41, 5.74) is 2.16. The third-order valence-electron chi connectivity index (χ3n) is 6.00. The second-order valence-electron chi connectivity index (χ2n) is 8.19. The molecular weight excluding hydrogens is 372 g/mol. The van der Waals surface area contributed by atoms with E-state index in [1.54, 1.807) is 26.2 Å². The van der Waals surface area contributed by atoms with Crippen LogP contribution in [0, 0.1) is 19.3 Å². The third-order valence-corrected chi connectivity index (χ3v) is 6.00. The number of rotatable bonds is 3. The molecule has 1 atom stereocenters. The van der Waals surface area contributed by atoms with Gasteiger partial charge in [0.2, 0.25) is 11.7 Å². The number of carbonyl (C=O) groups is 1. The SMILES string of the molecule is Cc1noc(C)c1C(=O)N1CC2(CC(c3nc(-c4ccncc4)no3)N(C)C2)C1. The molecule has 1 unspecified atom stereocenters. The molecule has 2 saturated heterocycles. The van der Waals surface area contributed by atoms with Crippen molar-refractivity contribution in [2.75, 3.05) is 26.7 Å². The maximum absolute atomic E-state index is 12.8. The second-order valence-corrected chi connectivity index (χ2v) is 8.19. The van der Waals surface area contributed by atoms with E-state index in [1.807, 2.05) is 17.0 Å². The molecular formula is C20H22N6O3. The molecule has 3 aromatic rings. The summed E-state index contributed by atoms with van der Waals surface area (Å²) >= 11 is 0. The van der Waals surface area contributed by atoms with Crippen molar-refractivity contribution in [2.45, 2.75) is 26.3 Å². The van der Waals surface area contributed by atoms with Crippen LogP contribution in [0.1, 0.15) is 40.2 Å². The molecule has 3 aromatic heterocycles. The van der Waals surface area contributed by atoms with E-state index < -0.39 is 0 Å². The summed E-state index contributed by atoms with van der Waals surface area (Å²) in [5, 5.41) is 8.03. The molecule has 0 radical (unpaired) electrons. The zero-order valence-corrected chi connectivity index (χ0v) is 16.6. The molecule has 2 aliphatic heterocycles. The van der Waals surface area contributed by atoms with Crippen LogP contribution in [0.4, 0.5) is 0 Å². The van der Waals surface area contributed by atoms with Crippen LogP contribution in [-0.2, 0) is 0 Å². The van der Waals surface area contributed by atoms with Crippen molar-refractivity contribution in [3.8, 4) is 11.4 Å². The quantitative estimate of drug-likeness (QED) is 0.667. The van der Waals surface area contributed by atoms with Crippen molar-refractivity contribution >= 4 is 5.91 Å². The fourth-order valence-electron chi connectivity index (χ4n) is 4.62. The number of hydrogen-bond acceptors (Lipinski definition) is 8. The lowest BCUT2D eigenvalue weighted by Crippen LogP contribution is -2.59. The van der Waals surface area contributed by atoms with Gasteiger partial charge in [0.15, 0.2) is 0 Å². The largest absolute Gasteiger partial charge is 0.361 e. The number of carbonyl (C=O) groups excluding carboxylic acids is 1. The van der Waals surface area contributed by atoms with Gasteiger partial charge in [-0.2, -0.15) is 4.98 Å². The van der Waals surface area contributed by atoms with Gasteiger partial charge < -0.3 is 13.9 Å². The molecule has 29 heavy (non-hydrogen) atoms. The Bertz CT molecular complexity index is 1030. The highest BCUT2D eigenvalue weighted by Gasteiger charge is 2.53. The molecule has 0 aliphatic carbocycles. The van der Waals surface area contributed by atoms with Gasteiger partial charge in [-0.15, -0.1) is 0 Å². The summed E-state index contributed by atoms with van der Waals surface area (Å²) in [6, 6.07) is 3.77. The first-order valence-corrected chi connectivity index (χ1v) is 9.62. The molecule has 0 bridgehead atoms. The Morgan fingerprint density at radius 3 is 2.59 bits per heavy atom. The molecule has 9 heteroatoms. The Kier molecular flexibility index (Phi) is 4.02. The number of amides is 1. The van der Waals surface area contributed by atoms with Gasteiger partial charge in [-0.05, 0) is 39.4 Å². The van der Waals surface area contributed by atoms with Gasteiger partial charge in [0, 0.05) is 43.0 Å². The van der Waals surface area contributed by atoms with Crippen molar-refractivity contribution < 1.29 is 13.8 Å². The second kappa shape index (κ2) is 6.48. The van der Waals surface area contributed by atoms with Crippen LogP contribution in [-0.4, -0.2) is 62.7 Å². The van der Waals surface area contributed by atoms with Gasteiger partial charge in [-0.3, -0.25) is 14.7 Å². The zero-order valence-electron chi connectivity index (χ0n) is 16.6. The molecule has 5 heterocycles. The predicted molar refractivity (Wildman–Crippen MR) is 102 cm³/mol. The highest BCUT2D eigenvalue weighted by molar-refractivity contribution is 5.96. The maximum atomic E-state index is 12.8. The summed E-state index contributed by atoms with van der Waals surface area (Å²) in [7, 11) is 2.06. The van der Waals surface area contributed by atoms with Crippen molar-refractivity contribution in [2.24, 2.45) is 5.41 Å².